The zero-order chi connectivity index (χ0) is 13.9. The van der Waals surface area contributed by atoms with Gasteiger partial charge in [0.15, 0.2) is 0 Å². The van der Waals surface area contributed by atoms with Crippen LogP contribution < -0.4 is 5.32 Å². The molecule has 1 aromatic rings. The fraction of sp³-hybridized carbons (Fsp3) is 0.667. The SMILES string of the molecule is CCc1ccc(C(C)NC2CCN3CCCCC23)cc1. The first-order chi connectivity index (χ1) is 9.78. The smallest absolute Gasteiger partial charge is 0.0295 e. The van der Waals surface area contributed by atoms with E-state index in [1.54, 1.807) is 0 Å². The first-order valence-corrected chi connectivity index (χ1v) is 8.37. The van der Waals surface area contributed by atoms with Crippen molar-refractivity contribution in [3.05, 3.63) is 35.4 Å². The van der Waals surface area contributed by atoms with E-state index in [0.29, 0.717) is 12.1 Å². The molecule has 0 saturated carbocycles. The molecule has 0 aromatic heterocycles. The van der Waals surface area contributed by atoms with E-state index in [2.05, 4.69) is 48.3 Å². The van der Waals surface area contributed by atoms with E-state index in [0.717, 1.165) is 12.5 Å². The van der Waals surface area contributed by atoms with Gasteiger partial charge in [-0.25, -0.2) is 0 Å². The minimum Gasteiger partial charge on any atom is -0.306 e. The van der Waals surface area contributed by atoms with E-state index in [1.165, 1.54) is 49.9 Å². The van der Waals surface area contributed by atoms with Crippen LogP contribution in [0.2, 0.25) is 0 Å². The highest BCUT2D eigenvalue weighted by Crippen LogP contribution is 2.28. The molecular formula is C18H28N2. The minimum absolute atomic E-state index is 0.466. The van der Waals surface area contributed by atoms with Gasteiger partial charge in [0.05, 0.1) is 0 Å². The lowest BCUT2D eigenvalue weighted by Crippen LogP contribution is -2.45. The molecule has 3 rings (SSSR count). The summed E-state index contributed by atoms with van der Waals surface area (Å²) in [6.07, 6.45) is 6.65. The van der Waals surface area contributed by atoms with E-state index in [-0.39, 0.29) is 0 Å². The zero-order valence-corrected chi connectivity index (χ0v) is 12.9. The third-order valence-corrected chi connectivity index (χ3v) is 5.21. The molecule has 1 aromatic carbocycles. The maximum atomic E-state index is 3.89. The molecule has 0 amide bonds. The second-order valence-corrected chi connectivity index (χ2v) is 6.48. The van der Waals surface area contributed by atoms with Gasteiger partial charge in [0.2, 0.25) is 0 Å². The summed E-state index contributed by atoms with van der Waals surface area (Å²) >= 11 is 0. The van der Waals surface area contributed by atoms with Crippen LogP contribution in [-0.4, -0.2) is 30.1 Å². The van der Waals surface area contributed by atoms with Gasteiger partial charge < -0.3 is 5.32 Å². The van der Waals surface area contributed by atoms with Gasteiger partial charge in [-0.2, -0.15) is 0 Å². The maximum Gasteiger partial charge on any atom is 0.0295 e. The van der Waals surface area contributed by atoms with E-state index >= 15 is 0 Å². The quantitative estimate of drug-likeness (QED) is 0.902. The van der Waals surface area contributed by atoms with Gasteiger partial charge in [-0.3, -0.25) is 4.90 Å². The topological polar surface area (TPSA) is 15.3 Å². The summed E-state index contributed by atoms with van der Waals surface area (Å²) < 4.78 is 0. The number of benzene rings is 1. The summed E-state index contributed by atoms with van der Waals surface area (Å²) in [5, 5.41) is 3.89. The van der Waals surface area contributed by atoms with Crippen molar-refractivity contribution in [3.8, 4) is 0 Å². The molecule has 3 unspecified atom stereocenters. The van der Waals surface area contributed by atoms with Gasteiger partial charge in [0.25, 0.3) is 0 Å². The molecule has 2 aliphatic rings. The number of nitrogens with zero attached hydrogens (tertiary/aromatic N) is 1. The van der Waals surface area contributed by atoms with Crippen molar-refractivity contribution in [1.82, 2.24) is 10.2 Å². The van der Waals surface area contributed by atoms with Crippen LogP contribution in [0, 0.1) is 0 Å². The third-order valence-electron chi connectivity index (χ3n) is 5.21. The van der Waals surface area contributed by atoms with Crippen molar-refractivity contribution < 1.29 is 0 Å². The van der Waals surface area contributed by atoms with Gasteiger partial charge in [-0.15, -0.1) is 0 Å². The Balaban J connectivity index is 1.61. The summed E-state index contributed by atoms with van der Waals surface area (Å²) in [7, 11) is 0. The molecule has 2 heterocycles. The molecule has 1 N–H and O–H groups in total. The number of hydrogen-bond acceptors (Lipinski definition) is 2. The Morgan fingerprint density at radius 3 is 2.70 bits per heavy atom. The average Bonchev–Trinajstić information content (AvgIpc) is 2.91. The zero-order valence-electron chi connectivity index (χ0n) is 12.9. The summed E-state index contributed by atoms with van der Waals surface area (Å²) in [4.78, 5) is 2.70. The first kappa shape index (κ1) is 14.1. The molecule has 2 nitrogen and oxygen atoms in total. The number of rotatable bonds is 4. The molecule has 2 heteroatoms. The molecule has 2 fully saturated rings. The maximum absolute atomic E-state index is 3.89. The Labute approximate surface area is 123 Å². The molecule has 0 spiro atoms. The summed E-state index contributed by atoms with van der Waals surface area (Å²) in [6.45, 7) is 7.14. The van der Waals surface area contributed by atoms with Crippen LogP contribution in [0.4, 0.5) is 0 Å². The van der Waals surface area contributed by atoms with Gasteiger partial charge in [-0.05, 0) is 50.3 Å². The van der Waals surface area contributed by atoms with Crippen LogP contribution >= 0.6 is 0 Å². The van der Waals surface area contributed by atoms with Gasteiger partial charge in [0.1, 0.15) is 0 Å². The Bertz CT molecular complexity index is 426. The van der Waals surface area contributed by atoms with Crippen molar-refractivity contribution in [2.24, 2.45) is 0 Å². The van der Waals surface area contributed by atoms with E-state index in [1.807, 2.05) is 0 Å². The Morgan fingerprint density at radius 1 is 1.15 bits per heavy atom. The molecule has 110 valence electrons. The van der Waals surface area contributed by atoms with Crippen LogP contribution in [0.1, 0.15) is 56.7 Å². The van der Waals surface area contributed by atoms with Crippen molar-refractivity contribution in [1.29, 1.82) is 0 Å². The van der Waals surface area contributed by atoms with Crippen LogP contribution in [0.3, 0.4) is 0 Å². The Morgan fingerprint density at radius 2 is 1.95 bits per heavy atom. The highest BCUT2D eigenvalue weighted by atomic mass is 15.2. The predicted octanol–water partition coefficient (Wildman–Crippen LogP) is 3.53. The molecular weight excluding hydrogens is 244 g/mol. The largest absolute Gasteiger partial charge is 0.306 e. The first-order valence-electron chi connectivity index (χ1n) is 8.37. The van der Waals surface area contributed by atoms with Crippen molar-refractivity contribution in [2.75, 3.05) is 13.1 Å². The number of aryl methyl sites for hydroxylation is 1. The summed E-state index contributed by atoms with van der Waals surface area (Å²) in [5.74, 6) is 0. The van der Waals surface area contributed by atoms with Crippen LogP contribution in [0.25, 0.3) is 0 Å². The highest BCUT2D eigenvalue weighted by molar-refractivity contribution is 5.24. The Hall–Kier alpha value is -0.860. The van der Waals surface area contributed by atoms with E-state index in [9.17, 15) is 0 Å². The predicted molar refractivity (Wildman–Crippen MR) is 85.0 cm³/mol. The fourth-order valence-electron chi connectivity index (χ4n) is 3.90. The van der Waals surface area contributed by atoms with Crippen molar-refractivity contribution in [3.63, 3.8) is 0 Å². The molecule has 0 aliphatic carbocycles. The summed E-state index contributed by atoms with van der Waals surface area (Å²) in [5.41, 5.74) is 2.86. The molecule has 2 aliphatic heterocycles. The molecule has 3 atom stereocenters. The lowest BCUT2D eigenvalue weighted by molar-refractivity contribution is 0.177. The van der Waals surface area contributed by atoms with E-state index in [4.69, 9.17) is 0 Å². The lowest BCUT2D eigenvalue weighted by atomic mass is 9.97. The fourth-order valence-corrected chi connectivity index (χ4v) is 3.90. The number of piperidine rings is 1. The standard InChI is InChI=1S/C18H28N2/c1-3-15-7-9-16(10-8-15)14(2)19-17-11-13-20-12-5-4-6-18(17)20/h7-10,14,17-19H,3-6,11-13H2,1-2H3. The van der Waals surface area contributed by atoms with E-state index < -0.39 is 0 Å². The minimum atomic E-state index is 0.466. The van der Waals surface area contributed by atoms with Crippen LogP contribution in [0.15, 0.2) is 24.3 Å². The van der Waals surface area contributed by atoms with Crippen molar-refractivity contribution >= 4 is 0 Å². The van der Waals surface area contributed by atoms with Crippen molar-refractivity contribution in [2.45, 2.75) is 64.1 Å². The average molecular weight is 272 g/mol. The molecule has 0 radical (unpaired) electrons. The lowest BCUT2D eigenvalue weighted by Gasteiger charge is -2.34. The van der Waals surface area contributed by atoms with Gasteiger partial charge >= 0.3 is 0 Å². The second-order valence-electron chi connectivity index (χ2n) is 6.48. The normalized spacial score (nSPS) is 28.3. The molecule has 20 heavy (non-hydrogen) atoms. The van der Waals surface area contributed by atoms with Gasteiger partial charge in [0, 0.05) is 24.7 Å². The second kappa shape index (κ2) is 6.28. The highest BCUT2D eigenvalue weighted by Gasteiger charge is 2.35. The van der Waals surface area contributed by atoms with Crippen LogP contribution in [0.5, 0.6) is 0 Å². The number of fused-ring (bicyclic) bond motifs is 1. The third kappa shape index (κ3) is 2.91. The molecule has 0 bridgehead atoms. The van der Waals surface area contributed by atoms with Gasteiger partial charge in [-0.1, -0.05) is 37.6 Å². The number of hydrogen-bond donors (Lipinski definition) is 1. The number of nitrogens with one attached hydrogen (secondary N) is 1. The Kier molecular flexibility index (Phi) is 4.42. The monoisotopic (exact) mass is 272 g/mol. The molecule has 2 saturated heterocycles. The van der Waals surface area contributed by atoms with Crippen LogP contribution in [-0.2, 0) is 6.42 Å². The summed E-state index contributed by atoms with van der Waals surface area (Å²) in [6, 6.07) is 11.1.